The molecule has 0 aliphatic carbocycles. The van der Waals surface area contributed by atoms with Crippen molar-refractivity contribution in [1.82, 2.24) is 0 Å². The Labute approximate surface area is 100 Å². The van der Waals surface area contributed by atoms with Gasteiger partial charge in [-0.2, -0.15) is 0 Å². The molecule has 1 atom stereocenters. The monoisotopic (exact) mass is 240 g/mol. The molecule has 17 heavy (non-hydrogen) atoms. The van der Waals surface area contributed by atoms with Gasteiger partial charge in [0.25, 0.3) is 0 Å². The molecule has 0 amide bonds. The molecular formula is C13H17FO3. The van der Waals surface area contributed by atoms with Gasteiger partial charge in [-0.05, 0) is 37.0 Å². The summed E-state index contributed by atoms with van der Waals surface area (Å²) in [7, 11) is 0. The maximum atomic E-state index is 13.5. The van der Waals surface area contributed by atoms with Crippen molar-refractivity contribution in [2.75, 3.05) is 6.61 Å². The van der Waals surface area contributed by atoms with E-state index in [-0.39, 0.29) is 18.1 Å². The molecular weight excluding hydrogens is 223 g/mol. The van der Waals surface area contributed by atoms with Gasteiger partial charge in [0, 0.05) is 6.42 Å². The first kappa shape index (κ1) is 13.5. The Hall–Kier alpha value is -1.58. The van der Waals surface area contributed by atoms with Crippen LogP contribution in [0, 0.1) is 11.7 Å². The molecule has 0 radical (unpaired) electrons. The van der Waals surface area contributed by atoms with Gasteiger partial charge in [-0.15, -0.1) is 0 Å². The standard InChI is InChI=1S/C13H17FO3/c1-3-17-12-5-4-10(8-11(12)14)6-9(2)7-13(15)16/h4-5,8-9H,3,6-7H2,1-2H3,(H,15,16). The van der Waals surface area contributed by atoms with E-state index in [2.05, 4.69) is 0 Å². The Morgan fingerprint density at radius 2 is 2.24 bits per heavy atom. The zero-order valence-electron chi connectivity index (χ0n) is 10.1. The summed E-state index contributed by atoms with van der Waals surface area (Å²) < 4.78 is 18.6. The highest BCUT2D eigenvalue weighted by Crippen LogP contribution is 2.20. The third kappa shape index (κ3) is 4.43. The summed E-state index contributed by atoms with van der Waals surface area (Å²) >= 11 is 0. The maximum Gasteiger partial charge on any atom is 0.303 e. The topological polar surface area (TPSA) is 46.5 Å². The minimum atomic E-state index is -0.830. The van der Waals surface area contributed by atoms with Gasteiger partial charge in [0.2, 0.25) is 0 Å². The number of carboxylic acid groups (broad SMARTS) is 1. The summed E-state index contributed by atoms with van der Waals surface area (Å²) in [6.07, 6.45) is 0.643. The fourth-order valence-corrected chi connectivity index (χ4v) is 1.72. The Morgan fingerprint density at radius 1 is 1.53 bits per heavy atom. The average Bonchev–Trinajstić information content (AvgIpc) is 2.21. The van der Waals surface area contributed by atoms with Gasteiger partial charge in [0.05, 0.1) is 6.61 Å². The largest absolute Gasteiger partial charge is 0.491 e. The second-order valence-electron chi connectivity index (χ2n) is 4.10. The highest BCUT2D eigenvalue weighted by atomic mass is 19.1. The van der Waals surface area contributed by atoms with Gasteiger partial charge < -0.3 is 9.84 Å². The van der Waals surface area contributed by atoms with Crippen molar-refractivity contribution in [1.29, 1.82) is 0 Å². The lowest BCUT2D eigenvalue weighted by molar-refractivity contribution is -0.137. The predicted octanol–water partition coefficient (Wildman–Crippen LogP) is 2.88. The van der Waals surface area contributed by atoms with Crippen LogP contribution in [-0.2, 0) is 11.2 Å². The molecule has 1 N–H and O–H groups in total. The molecule has 1 unspecified atom stereocenters. The molecule has 0 aromatic heterocycles. The summed E-state index contributed by atoms with van der Waals surface area (Å²) in [6, 6.07) is 4.76. The molecule has 3 nitrogen and oxygen atoms in total. The summed E-state index contributed by atoms with van der Waals surface area (Å²) in [4.78, 5) is 10.5. The lowest BCUT2D eigenvalue weighted by Gasteiger charge is -2.10. The molecule has 0 bridgehead atoms. The van der Waals surface area contributed by atoms with Gasteiger partial charge in [-0.1, -0.05) is 13.0 Å². The fourth-order valence-electron chi connectivity index (χ4n) is 1.72. The molecule has 1 rings (SSSR count). The molecule has 1 aromatic rings. The highest BCUT2D eigenvalue weighted by Gasteiger charge is 2.10. The van der Waals surface area contributed by atoms with Gasteiger partial charge in [0.1, 0.15) is 0 Å². The Morgan fingerprint density at radius 3 is 2.76 bits per heavy atom. The van der Waals surface area contributed by atoms with Crippen LogP contribution in [0.2, 0.25) is 0 Å². The molecule has 0 saturated heterocycles. The molecule has 0 fully saturated rings. The first-order chi connectivity index (χ1) is 8.02. The van der Waals surface area contributed by atoms with E-state index in [0.717, 1.165) is 5.56 Å². The van der Waals surface area contributed by atoms with Crippen LogP contribution in [0.25, 0.3) is 0 Å². The average molecular weight is 240 g/mol. The van der Waals surface area contributed by atoms with Crippen molar-refractivity contribution in [3.05, 3.63) is 29.6 Å². The van der Waals surface area contributed by atoms with E-state index in [9.17, 15) is 9.18 Å². The smallest absolute Gasteiger partial charge is 0.303 e. The summed E-state index contributed by atoms with van der Waals surface area (Å²) in [5.41, 5.74) is 0.791. The van der Waals surface area contributed by atoms with Crippen LogP contribution in [0.15, 0.2) is 18.2 Å². The van der Waals surface area contributed by atoms with Crippen molar-refractivity contribution < 1.29 is 19.0 Å². The predicted molar refractivity (Wildman–Crippen MR) is 62.7 cm³/mol. The van der Waals surface area contributed by atoms with Crippen LogP contribution >= 0.6 is 0 Å². The normalized spacial score (nSPS) is 12.2. The van der Waals surface area contributed by atoms with Crippen LogP contribution < -0.4 is 4.74 Å². The molecule has 0 saturated carbocycles. The van der Waals surface area contributed by atoms with E-state index in [4.69, 9.17) is 9.84 Å². The van der Waals surface area contributed by atoms with E-state index < -0.39 is 11.8 Å². The Bertz CT molecular complexity index is 390. The van der Waals surface area contributed by atoms with Crippen molar-refractivity contribution in [2.45, 2.75) is 26.7 Å². The summed E-state index contributed by atoms with van der Waals surface area (Å²) in [5.74, 6) is -0.997. The summed E-state index contributed by atoms with van der Waals surface area (Å²) in [6.45, 7) is 4.05. The minimum Gasteiger partial charge on any atom is -0.491 e. The third-order valence-corrected chi connectivity index (χ3v) is 2.40. The molecule has 4 heteroatoms. The number of hydrogen-bond acceptors (Lipinski definition) is 2. The van der Waals surface area contributed by atoms with Gasteiger partial charge in [-0.25, -0.2) is 4.39 Å². The van der Waals surface area contributed by atoms with Crippen LogP contribution in [0.3, 0.4) is 0 Å². The van der Waals surface area contributed by atoms with Crippen molar-refractivity contribution in [3.63, 3.8) is 0 Å². The van der Waals surface area contributed by atoms with E-state index in [1.807, 2.05) is 6.92 Å². The lowest BCUT2D eigenvalue weighted by atomic mass is 9.98. The van der Waals surface area contributed by atoms with Gasteiger partial charge >= 0.3 is 5.97 Å². The Balaban J connectivity index is 2.66. The lowest BCUT2D eigenvalue weighted by Crippen LogP contribution is -2.07. The van der Waals surface area contributed by atoms with Crippen LogP contribution in [0.5, 0.6) is 5.75 Å². The fraction of sp³-hybridized carbons (Fsp3) is 0.462. The molecule has 94 valence electrons. The summed E-state index contributed by atoms with van der Waals surface area (Å²) in [5, 5.41) is 8.64. The molecule has 1 aromatic carbocycles. The number of carboxylic acids is 1. The Kier molecular flexibility index (Phi) is 4.94. The van der Waals surface area contributed by atoms with E-state index >= 15 is 0 Å². The second-order valence-corrected chi connectivity index (χ2v) is 4.10. The number of carbonyl (C=O) groups is 1. The van der Waals surface area contributed by atoms with E-state index in [1.54, 1.807) is 19.1 Å². The maximum absolute atomic E-state index is 13.5. The number of rotatable bonds is 6. The zero-order valence-corrected chi connectivity index (χ0v) is 10.1. The third-order valence-electron chi connectivity index (χ3n) is 2.40. The molecule has 0 spiro atoms. The number of benzene rings is 1. The second kappa shape index (κ2) is 6.23. The van der Waals surface area contributed by atoms with Crippen molar-refractivity contribution in [2.24, 2.45) is 5.92 Å². The van der Waals surface area contributed by atoms with Crippen molar-refractivity contribution in [3.8, 4) is 5.75 Å². The van der Waals surface area contributed by atoms with Crippen molar-refractivity contribution >= 4 is 5.97 Å². The number of hydrogen-bond donors (Lipinski definition) is 1. The zero-order chi connectivity index (χ0) is 12.8. The first-order valence-electron chi connectivity index (χ1n) is 5.66. The van der Waals surface area contributed by atoms with Gasteiger partial charge in [0.15, 0.2) is 11.6 Å². The number of ether oxygens (including phenoxy) is 1. The molecule has 0 heterocycles. The van der Waals surface area contributed by atoms with Crippen LogP contribution in [0.4, 0.5) is 4.39 Å². The van der Waals surface area contributed by atoms with Crippen LogP contribution in [0.1, 0.15) is 25.8 Å². The molecule has 0 aliphatic heterocycles. The van der Waals surface area contributed by atoms with E-state index in [0.29, 0.717) is 13.0 Å². The SMILES string of the molecule is CCOc1ccc(CC(C)CC(=O)O)cc1F. The highest BCUT2D eigenvalue weighted by molar-refractivity contribution is 5.67. The first-order valence-corrected chi connectivity index (χ1v) is 5.66. The van der Waals surface area contributed by atoms with Gasteiger partial charge in [-0.3, -0.25) is 4.79 Å². The number of halogens is 1. The minimum absolute atomic E-state index is 0.00940. The number of aliphatic carboxylic acids is 1. The van der Waals surface area contributed by atoms with E-state index in [1.165, 1.54) is 6.07 Å². The van der Waals surface area contributed by atoms with Crippen LogP contribution in [-0.4, -0.2) is 17.7 Å². The quantitative estimate of drug-likeness (QED) is 0.831. The molecule has 0 aliphatic rings.